The number of carbonyl (C=O) groups excluding carboxylic acids is 3. The molecule has 1 saturated carbocycles. The van der Waals surface area contributed by atoms with Gasteiger partial charge in [0.05, 0.1) is 12.1 Å². The lowest BCUT2D eigenvalue weighted by molar-refractivity contribution is -0.151. The Morgan fingerprint density at radius 1 is 1.21 bits per heavy atom. The van der Waals surface area contributed by atoms with Crippen LogP contribution in [-0.4, -0.2) is 66.7 Å². The van der Waals surface area contributed by atoms with Gasteiger partial charge in [-0.3, -0.25) is 14.6 Å². The van der Waals surface area contributed by atoms with Crippen molar-refractivity contribution in [2.24, 2.45) is 28.3 Å². The number of carbonyl (C=O) groups is 3. The molecule has 9 heteroatoms. The van der Waals surface area contributed by atoms with Gasteiger partial charge in [0.2, 0.25) is 11.8 Å². The second kappa shape index (κ2) is 10.0. The van der Waals surface area contributed by atoms with Crippen LogP contribution in [0.3, 0.4) is 0 Å². The topological polar surface area (TPSA) is 143 Å². The quantitative estimate of drug-likeness (QED) is 0.185. The number of nitrogens with two attached hydrogens (primary N) is 2. The van der Waals surface area contributed by atoms with E-state index in [1.165, 1.54) is 19.3 Å². The number of fused-ring (bicyclic) bond motifs is 1. The van der Waals surface area contributed by atoms with Gasteiger partial charge in [0.15, 0.2) is 5.96 Å². The lowest BCUT2D eigenvalue weighted by atomic mass is 9.71. The number of hydrogen-bond acceptors (Lipinski definition) is 5. The summed E-state index contributed by atoms with van der Waals surface area (Å²) in [6.07, 6.45) is 8.28. The molecule has 5 atom stereocenters. The molecule has 2 amide bonds. The van der Waals surface area contributed by atoms with E-state index in [1.807, 2.05) is 0 Å². The zero-order valence-corrected chi connectivity index (χ0v) is 17.0. The van der Waals surface area contributed by atoms with Gasteiger partial charge >= 0.3 is 0 Å². The number of rotatable bonds is 8. The fraction of sp³-hybridized carbons (Fsp3) is 0.800. The molecule has 0 aromatic carbocycles. The SMILES string of the molecule is NC(N)=NCCC[C@@H](C=O)NC(=O)[C@@H]1CCN1C(=O)[C@@H]1NCC[C@@H]2CCCC[C@@H]21. The Bertz CT molecular complexity index is 634. The monoisotopic (exact) mass is 406 g/mol. The van der Waals surface area contributed by atoms with Crippen molar-refractivity contribution in [1.82, 2.24) is 15.5 Å². The first-order chi connectivity index (χ1) is 14.0. The Labute approximate surface area is 172 Å². The Balaban J connectivity index is 1.52. The summed E-state index contributed by atoms with van der Waals surface area (Å²) in [6, 6.07) is -1.25. The smallest absolute Gasteiger partial charge is 0.243 e. The maximum absolute atomic E-state index is 13.2. The number of aliphatic imine (C=N–C) groups is 1. The van der Waals surface area contributed by atoms with E-state index in [-0.39, 0.29) is 23.8 Å². The number of hydrogen-bond donors (Lipinski definition) is 4. The average molecular weight is 407 g/mol. The van der Waals surface area contributed by atoms with Crippen LogP contribution in [0.4, 0.5) is 0 Å². The van der Waals surface area contributed by atoms with Crippen molar-refractivity contribution in [2.45, 2.75) is 69.5 Å². The number of nitrogens with one attached hydrogen (secondary N) is 2. The summed E-state index contributed by atoms with van der Waals surface area (Å²) >= 11 is 0. The maximum atomic E-state index is 13.2. The number of nitrogens with zero attached hydrogens (tertiary/aromatic N) is 2. The molecule has 9 nitrogen and oxygen atoms in total. The van der Waals surface area contributed by atoms with Gasteiger partial charge in [-0.2, -0.15) is 0 Å². The van der Waals surface area contributed by atoms with E-state index in [2.05, 4.69) is 15.6 Å². The molecule has 0 unspecified atom stereocenters. The van der Waals surface area contributed by atoms with Crippen LogP contribution in [0, 0.1) is 11.8 Å². The molecule has 162 valence electrons. The molecule has 3 fully saturated rings. The maximum Gasteiger partial charge on any atom is 0.243 e. The van der Waals surface area contributed by atoms with Crippen LogP contribution in [-0.2, 0) is 14.4 Å². The molecule has 0 aromatic heterocycles. The van der Waals surface area contributed by atoms with Crippen molar-refractivity contribution < 1.29 is 14.4 Å². The third-order valence-corrected chi connectivity index (χ3v) is 6.61. The third kappa shape index (κ3) is 5.26. The number of likely N-dealkylation sites (tertiary alicyclic amines) is 1. The molecule has 2 saturated heterocycles. The highest BCUT2D eigenvalue weighted by atomic mass is 16.2. The standard InChI is InChI=1S/C20H34N6O3/c21-20(22)24-9-3-5-14(12-27)25-18(28)16-8-11-26(16)19(29)17-15-6-2-1-4-13(15)7-10-23-17/h12-17,23H,1-11H2,(H,25,28)(H4,21,22,24)/t13-,14-,15-,16-,17+/m0/s1. The lowest BCUT2D eigenvalue weighted by Gasteiger charge is -2.47. The van der Waals surface area contributed by atoms with Crippen molar-refractivity contribution in [2.75, 3.05) is 19.6 Å². The van der Waals surface area contributed by atoms with E-state index in [4.69, 9.17) is 11.5 Å². The molecule has 0 bridgehead atoms. The van der Waals surface area contributed by atoms with Gasteiger partial charge in [-0.1, -0.05) is 19.3 Å². The highest BCUT2D eigenvalue weighted by Crippen LogP contribution is 2.38. The van der Waals surface area contributed by atoms with Crippen LogP contribution >= 0.6 is 0 Å². The molecule has 3 aliphatic rings. The third-order valence-electron chi connectivity index (χ3n) is 6.61. The number of amides is 2. The van der Waals surface area contributed by atoms with E-state index in [0.717, 1.165) is 25.7 Å². The first kappa shape index (κ1) is 21.5. The second-order valence-electron chi connectivity index (χ2n) is 8.46. The second-order valence-corrected chi connectivity index (χ2v) is 8.46. The van der Waals surface area contributed by atoms with Crippen LogP contribution < -0.4 is 22.1 Å². The van der Waals surface area contributed by atoms with Crippen molar-refractivity contribution in [3.63, 3.8) is 0 Å². The Kier molecular flexibility index (Phi) is 7.46. The van der Waals surface area contributed by atoms with Crippen LogP contribution in [0.5, 0.6) is 0 Å². The van der Waals surface area contributed by atoms with Gasteiger partial charge < -0.3 is 31.8 Å². The summed E-state index contributed by atoms with van der Waals surface area (Å²) in [5.74, 6) is 0.810. The van der Waals surface area contributed by atoms with Gasteiger partial charge in [-0.15, -0.1) is 0 Å². The van der Waals surface area contributed by atoms with Crippen molar-refractivity contribution in [3.05, 3.63) is 0 Å². The van der Waals surface area contributed by atoms with Crippen LogP contribution in [0.1, 0.15) is 51.4 Å². The molecule has 0 radical (unpaired) electrons. The molecule has 1 aliphatic carbocycles. The summed E-state index contributed by atoms with van der Waals surface area (Å²) in [7, 11) is 0. The van der Waals surface area contributed by atoms with Gasteiger partial charge in [0, 0.05) is 13.1 Å². The summed E-state index contributed by atoms with van der Waals surface area (Å²) in [4.78, 5) is 42.7. The Morgan fingerprint density at radius 3 is 2.69 bits per heavy atom. The highest BCUT2D eigenvalue weighted by molar-refractivity contribution is 5.92. The Morgan fingerprint density at radius 2 is 2.00 bits per heavy atom. The minimum Gasteiger partial charge on any atom is -0.370 e. The Hall–Kier alpha value is -2.16. The van der Waals surface area contributed by atoms with Gasteiger partial charge in [-0.25, -0.2) is 0 Å². The molecule has 3 rings (SSSR count). The van der Waals surface area contributed by atoms with E-state index in [1.54, 1.807) is 4.90 Å². The van der Waals surface area contributed by atoms with Crippen LogP contribution in [0.2, 0.25) is 0 Å². The van der Waals surface area contributed by atoms with Crippen molar-refractivity contribution >= 4 is 24.1 Å². The minimum atomic E-state index is -0.593. The average Bonchev–Trinajstić information content (AvgIpc) is 2.68. The van der Waals surface area contributed by atoms with Crippen LogP contribution in [0.25, 0.3) is 0 Å². The summed E-state index contributed by atoms with van der Waals surface area (Å²) in [6.45, 7) is 1.88. The minimum absolute atomic E-state index is 0.0110. The number of guanidine groups is 1. The fourth-order valence-corrected chi connectivity index (χ4v) is 4.95. The molecule has 0 aromatic rings. The zero-order valence-electron chi connectivity index (χ0n) is 17.0. The van der Waals surface area contributed by atoms with Gasteiger partial charge in [-0.05, 0) is 50.5 Å². The van der Waals surface area contributed by atoms with Gasteiger partial charge in [0.25, 0.3) is 0 Å². The molecule has 0 spiro atoms. The summed E-state index contributed by atoms with van der Waals surface area (Å²) in [5.41, 5.74) is 10.6. The highest BCUT2D eigenvalue weighted by Gasteiger charge is 2.45. The molecular formula is C20H34N6O3. The van der Waals surface area contributed by atoms with E-state index < -0.39 is 12.1 Å². The van der Waals surface area contributed by atoms with E-state index in [0.29, 0.717) is 44.2 Å². The first-order valence-electron chi connectivity index (χ1n) is 10.9. The number of aldehydes is 1. The molecule has 6 N–H and O–H groups in total. The van der Waals surface area contributed by atoms with Crippen molar-refractivity contribution in [3.8, 4) is 0 Å². The predicted octanol–water partition coefficient (Wildman–Crippen LogP) is -0.507. The fourth-order valence-electron chi connectivity index (χ4n) is 4.95. The van der Waals surface area contributed by atoms with E-state index >= 15 is 0 Å². The normalized spacial score (nSPS) is 29.7. The number of piperidine rings is 1. The zero-order chi connectivity index (χ0) is 20.8. The predicted molar refractivity (Wildman–Crippen MR) is 110 cm³/mol. The summed E-state index contributed by atoms with van der Waals surface area (Å²) in [5, 5.41) is 6.18. The largest absolute Gasteiger partial charge is 0.370 e. The molecule has 29 heavy (non-hydrogen) atoms. The molecule has 2 aliphatic heterocycles. The van der Waals surface area contributed by atoms with Crippen molar-refractivity contribution in [1.29, 1.82) is 0 Å². The van der Waals surface area contributed by atoms with Crippen LogP contribution in [0.15, 0.2) is 4.99 Å². The first-order valence-corrected chi connectivity index (χ1v) is 10.9. The van der Waals surface area contributed by atoms with Gasteiger partial charge in [0.1, 0.15) is 12.3 Å². The summed E-state index contributed by atoms with van der Waals surface area (Å²) < 4.78 is 0. The lowest BCUT2D eigenvalue weighted by Crippen LogP contribution is -2.65. The van der Waals surface area contributed by atoms with E-state index in [9.17, 15) is 14.4 Å². The molecule has 2 heterocycles. The molecular weight excluding hydrogens is 372 g/mol.